The Hall–Kier alpha value is -1.57. The Kier molecular flexibility index (Phi) is 7.54. The van der Waals surface area contributed by atoms with E-state index in [2.05, 4.69) is 36.2 Å². The smallest absolute Gasteiger partial charge is 0.193 e. The molecule has 23 heavy (non-hydrogen) atoms. The van der Waals surface area contributed by atoms with E-state index in [0.29, 0.717) is 12.5 Å². The van der Waals surface area contributed by atoms with Gasteiger partial charge in [-0.05, 0) is 31.9 Å². The lowest BCUT2D eigenvalue weighted by atomic mass is 10.1. The Morgan fingerprint density at radius 3 is 2.43 bits per heavy atom. The van der Waals surface area contributed by atoms with Gasteiger partial charge in [0.1, 0.15) is 0 Å². The lowest BCUT2D eigenvalue weighted by molar-refractivity contribution is 0.703. The van der Waals surface area contributed by atoms with Crippen LogP contribution in [0.3, 0.4) is 0 Å². The Bertz CT molecular complexity index is 658. The van der Waals surface area contributed by atoms with Crippen LogP contribution in [0.1, 0.15) is 36.4 Å². The van der Waals surface area contributed by atoms with Gasteiger partial charge in [0.25, 0.3) is 0 Å². The highest BCUT2D eigenvalue weighted by atomic mass is 127. The zero-order chi connectivity index (χ0) is 16.1. The van der Waals surface area contributed by atoms with Crippen LogP contribution in [-0.4, -0.2) is 15.7 Å². The predicted octanol–water partition coefficient (Wildman–Crippen LogP) is 3.40. The molecule has 0 atom stereocenters. The molecule has 0 spiro atoms. The highest BCUT2D eigenvalue weighted by Crippen LogP contribution is 2.16. The molecule has 0 aliphatic carbocycles. The van der Waals surface area contributed by atoms with Crippen LogP contribution in [-0.2, 0) is 26.4 Å². The molecule has 0 fully saturated rings. The zero-order valence-corrected chi connectivity index (χ0v) is 16.6. The number of halogens is 1. The van der Waals surface area contributed by atoms with Crippen molar-refractivity contribution in [1.29, 1.82) is 0 Å². The van der Waals surface area contributed by atoms with Gasteiger partial charge in [0.15, 0.2) is 5.96 Å². The van der Waals surface area contributed by atoms with Gasteiger partial charge in [-0.15, -0.1) is 24.0 Å². The van der Waals surface area contributed by atoms with E-state index in [9.17, 15) is 0 Å². The quantitative estimate of drug-likeness (QED) is 0.437. The van der Waals surface area contributed by atoms with Crippen molar-refractivity contribution in [2.45, 2.75) is 40.2 Å². The van der Waals surface area contributed by atoms with Crippen molar-refractivity contribution in [2.75, 3.05) is 5.32 Å². The van der Waals surface area contributed by atoms with Gasteiger partial charge in [-0.1, -0.05) is 31.5 Å². The lowest BCUT2D eigenvalue weighted by Crippen LogP contribution is -2.22. The van der Waals surface area contributed by atoms with Crippen LogP contribution in [0.5, 0.6) is 0 Å². The van der Waals surface area contributed by atoms with Crippen LogP contribution >= 0.6 is 24.0 Å². The number of hydrogen-bond donors (Lipinski definition) is 2. The Balaban J connectivity index is 0.00000264. The van der Waals surface area contributed by atoms with Crippen molar-refractivity contribution in [3.05, 3.63) is 46.8 Å². The molecule has 0 saturated heterocycles. The van der Waals surface area contributed by atoms with Crippen molar-refractivity contribution < 1.29 is 0 Å². The molecule has 2 rings (SSSR count). The van der Waals surface area contributed by atoms with Crippen molar-refractivity contribution in [3.8, 4) is 0 Å². The van der Waals surface area contributed by atoms with Crippen molar-refractivity contribution in [2.24, 2.45) is 17.8 Å². The fourth-order valence-electron chi connectivity index (χ4n) is 2.56. The first kappa shape index (κ1) is 19.5. The van der Waals surface area contributed by atoms with Crippen LogP contribution in [0.4, 0.5) is 5.69 Å². The van der Waals surface area contributed by atoms with E-state index in [1.54, 1.807) is 0 Å². The number of guanidine groups is 1. The van der Waals surface area contributed by atoms with E-state index in [1.807, 2.05) is 36.0 Å². The molecule has 0 aliphatic heterocycles. The van der Waals surface area contributed by atoms with Gasteiger partial charge in [0.05, 0.1) is 12.2 Å². The fraction of sp³-hybridized carbons (Fsp3) is 0.412. The number of hydrogen-bond acceptors (Lipinski definition) is 2. The first-order valence-electron chi connectivity index (χ1n) is 7.72. The van der Waals surface area contributed by atoms with Gasteiger partial charge < -0.3 is 11.1 Å². The van der Waals surface area contributed by atoms with Gasteiger partial charge >= 0.3 is 0 Å². The highest BCUT2D eigenvalue weighted by molar-refractivity contribution is 14.0. The van der Waals surface area contributed by atoms with Crippen molar-refractivity contribution in [3.63, 3.8) is 0 Å². The van der Waals surface area contributed by atoms with Gasteiger partial charge in [-0.25, -0.2) is 4.99 Å². The summed E-state index contributed by atoms with van der Waals surface area (Å²) < 4.78 is 1.95. The molecule has 1 aromatic heterocycles. The molecule has 5 nitrogen and oxygen atoms in total. The summed E-state index contributed by atoms with van der Waals surface area (Å²) in [6.07, 6.45) is 1.85. The maximum absolute atomic E-state index is 5.99. The predicted molar refractivity (Wildman–Crippen MR) is 108 cm³/mol. The van der Waals surface area contributed by atoms with Gasteiger partial charge in [-0.2, -0.15) is 5.10 Å². The average Bonchev–Trinajstić information content (AvgIpc) is 2.82. The summed E-state index contributed by atoms with van der Waals surface area (Å²) in [5.74, 6) is 0.428. The summed E-state index contributed by atoms with van der Waals surface area (Å²) >= 11 is 0. The standard InChI is InChI=1S/C17H25N5.HI/c1-5-15-14(16(6-2)22(4)21-15)11-19-17(18)20-13-9-7-12(3)8-10-13;/h7-10H,5-6,11H2,1-4H3,(H3,18,19,20);1H. The number of aliphatic imine (C=N–C) groups is 1. The van der Waals surface area contributed by atoms with Crippen LogP contribution in [0.15, 0.2) is 29.3 Å². The molecule has 0 unspecified atom stereocenters. The number of aromatic nitrogens is 2. The molecule has 0 bridgehead atoms. The first-order chi connectivity index (χ1) is 10.5. The normalized spacial score (nSPS) is 11.2. The number of benzene rings is 1. The van der Waals surface area contributed by atoms with E-state index in [4.69, 9.17) is 5.73 Å². The third kappa shape index (κ3) is 4.95. The molecule has 2 aromatic rings. The molecule has 0 amide bonds. The summed E-state index contributed by atoms with van der Waals surface area (Å²) in [6.45, 7) is 6.87. The maximum atomic E-state index is 5.99. The average molecular weight is 427 g/mol. The second-order valence-corrected chi connectivity index (χ2v) is 5.40. The Morgan fingerprint density at radius 1 is 1.22 bits per heavy atom. The molecular formula is C17H26IN5. The molecule has 0 saturated carbocycles. The number of nitrogens with one attached hydrogen (secondary N) is 1. The summed E-state index contributed by atoms with van der Waals surface area (Å²) in [7, 11) is 1.99. The molecule has 0 radical (unpaired) electrons. The van der Waals surface area contributed by atoms with Crippen LogP contribution < -0.4 is 11.1 Å². The minimum absolute atomic E-state index is 0. The minimum atomic E-state index is 0. The SMILES string of the molecule is CCc1nn(C)c(CC)c1CN=C(N)Nc1ccc(C)cc1.I. The Labute approximate surface area is 155 Å². The summed E-state index contributed by atoms with van der Waals surface area (Å²) in [4.78, 5) is 4.47. The number of aryl methyl sites for hydroxylation is 3. The molecule has 126 valence electrons. The van der Waals surface area contributed by atoms with Crippen LogP contribution in [0.25, 0.3) is 0 Å². The van der Waals surface area contributed by atoms with Crippen molar-refractivity contribution >= 4 is 35.6 Å². The monoisotopic (exact) mass is 427 g/mol. The first-order valence-corrected chi connectivity index (χ1v) is 7.72. The number of anilines is 1. The second-order valence-electron chi connectivity index (χ2n) is 5.40. The summed E-state index contributed by atoms with van der Waals surface area (Å²) in [6, 6.07) is 8.08. The molecule has 1 aromatic carbocycles. The highest BCUT2D eigenvalue weighted by Gasteiger charge is 2.12. The Morgan fingerprint density at radius 2 is 1.87 bits per heavy atom. The molecule has 6 heteroatoms. The molecular weight excluding hydrogens is 401 g/mol. The number of rotatable bonds is 5. The van der Waals surface area contributed by atoms with Crippen molar-refractivity contribution in [1.82, 2.24) is 9.78 Å². The van der Waals surface area contributed by atoms with Crippen LogP contribution in [0, 0.1) is 6.92 Å². The number of nitrogens with zero attached hydrogens (tertiary/aromatic N) is 3. The largest absolute Gasteiger partial charge is 0.370 e. The van der Waals surface area contributed by atoms with E-state index in [-0.39, 0.29) is 24.0 Å². The summed E-state index contributed by atoms with van der Waals surface area (Å²) in [5, 5.41) is 7.68. The van der Waals surface area contributed by atoms with E-state index in [0.717, 1.165) is 24.2 Å². The topological polar surface area (TPSA) is 68.2 Å². The van der Waals surface area contributed by atoms with Gasteiger partial charge in [0.2, 0.25) is 0 Å². The molecule has 0 aliphatic rings. The number of nitrogens with two attached hydrogens (primary N) is 1. The van der Waals surface area contributed by atoms with E-state index in [1.165, 1.54) is 16.8 Å². The zero-order valence-electron chi connectivity index (χ0n) is 14.3. The summed E-state index contributed by atoms with van der Waals surface area (Å²) in [5.41, 5.74) is 11.7. The van der Waals surface area contributed by atoms with Gasteiger partial charge in [-0.3, -0.25) is 4.68 Å². The third-order valence-electron chi connectivity index (χ3n) is 3.76. The molecule has 1 heterocycles. The second kappa shape index (κ2) is 8.90. The lowest BCUT2D eigenvalue weighted by Gasteiger charge is -2.07. The van der Waals surface area contributed by atoms with Gasteiger partial charge in [0, 0.05) is 24.0 Å². The fourth-order valence-corrected chi connectivity index (χ4v) is 2.56. The van der Waals surface area contributed by atoms with E-state index >= 15 is 0 Å². The molecule has 3 N–H and O–H groups in total. The third-order valence-corrected chi connectivity index (χ3v) is 3.76. The van der Waals surface area contributed by atoms with E-state index < -0.39 is 0 Å². The minimum Gasteiger partial charge on any atom is -0.370 e. The van der Waals surface area contributed by atoms with Crippen LogP contribution in [0.2, 0.25) is 0 Å². The maximum Gasteiger partial charge on any atom is 0.193 e.